The lowest BCUT2D eigenvalue weighted by atomic mass is 10.0. The largest absolute Gasteiger partial charge is 0.496 e. The molecule has 2 N–H and O–H groups in total. The van der Waals surface area contributed by atoms with Crippen molar-refractivity contribution in [1.29, 1.82) is 0 Å². The molecule has 1 aromatic carbocycles. The first kappa shape index (κ1) is 20.2. The van der Waals surface area contributed by atoms with Crippen LogP contribution in [0.2, 0.25) is 0 Å². The number of sulfonamides is 1. The van der Waals surface area contributed by atoms with Crippen molar-refractivity contribution in [1.82, 2.24) is 4.31 Å². The van der Waals surface area contributed by atoms with E-state index in [1.165, 1.54) is 4.31 Å². The molecule has 2 rings (SSSR count). The zero-order chi connectivity index (χ0) is 16.3. The highest BCUT2D eigenvalue weighted by molar-refractivity contribution is 7.89. The minimum absolute atomic E-state index is 0. The third-order valence-electron chi connectivity index (χ3n) is 4.19. The van der Waals surface area contributed by atoms with Crippen LogP contribution < -0.4 is 10.5 Å². The van der Waals surface area contributed by atoms with Crippen molar-refractivity contribution in [3.8, 4) is 5.75 Å². The van der Waals surface area contributed by atoms with E-state index in [1.54, 1.807) is 32.4 Å². The van der Waals surface area contributed by atoms with E-state index in [2.05, 4.69) is 0 Å². The lowest BCUT2D eigenvalue weighted by Gasteiger charge is -2.37. The van der Waals surface area contributed by atoms with Gasteiger partial charge in [-0.1, -0.05) is 0 Å². The Balaban J connectivity index is 0.00000264. The number of rotatable bonds is 5. The molecule has 0 radical (unpaired) electrons. The molecule has 23 heavy (non-hydrogen) atoms. The summed E-state index contributed by atoms with van der Waals surface area (Å²) in [7, 11) is -0.346. The molecule has 1 saturated heterocycles. The van der Waals surface area contributed by atoms with Crippen LogP contribution in [0.15, 0.2) is 23.1 Å². The van der Waals surface area contributed by atoms with Gasteiger partial charge in [0.15, 0.2) is 0 Å². The molecule has 1 fully saturated rings. The van der Waals surface area contributed by atoms with Gasteiger partial charge in [-0.2, -0.15) is 4.31 Å². The number of halogens is 1. The monoisotopic (exact) mass is 364 g/mol. The molecule has 0 aliphatic carbocycles. The Morgan fingerprint density at radius 3 is 2.57 bits per heavy atom. The van der Waals surface area contributed by atoms with Gasteiger partial charge < -0.3 is 15.2 Å². The zero-order valence-electron chi connectivity index (χ0n) is 13.7. The molecule has 2 unspecified atom stereocenters. The Labute approximate surface area is 144 Å². The minimum Gasteiger partial charge on any atom is -0.496 e. The van der Waals surface area contributed by atoms with Crippen LogP contribution in [0, 0.1) is 6.92 Å². The van der Waals surface area contributed by atoms with Crippen LogP contribution in [0.4, 0.5) is 0 Å². The highest BCUT2D eigenvalue weighted by atomic mass is 35.5. The van der Waals surface area contributed by atoms with Gasteiger partial charge in [0.25, 0.3) is 0 Å². The first-order valence-electron chi connectivity index (χ1n) is 7.33. The summed E-state index contributed by atoms with van der Waals surface area (Å²) >= 11 is 0. The number of hydrogen-bond acceptors (Lipinski definition) is 5. The second-order valence-corrected chi connectivity index (χ2v) is 7.41. The van der Waals surface area contributed by atoms with Gasteiger partial charge in [-0.25, -0.2) is 8.42 Å². The smallest absolute Gasteiger partial charge is 0.243 e. The quantitative estimate of drug-likeness (QED) is 0.857. The molecule has 0 amide bonds. The van der Waals surface area contributed by atoms with E-state index in [1.807, 2.05) is 6.92 Å². The van der Waals surface area contributed by atoms with E-state index in [0.29, 0.717) is 25.1 Å². The Hall–Kier alpha value is -0.860. The maximum atomic E-state index is 12.9. The summed E-state index contributed by atoms with van der Waals surface area (Å²) in [5.41, 5.74) is 6.57. The fourth-order valence-electron chi connectivity index (χ4n) is 2.88. The lowest BCUT2D eigenvalue weighted by molar-refractivity contribution is 0.0401. The summed E-state index contributed by atoms with van der Waals surface area (Å²) in [4.78, 5) is 0.278. The van der Waals surface area contributed by atoms with Gasteiger partial charge in [0.05, 0.1) is 18.1 Å². The maximum absolute atomic E-state index is 12.9. The molecular weight excluding hydrogens is 340 g/mol. The van der Waals surface area contributed by atoms with Gasteiger partial charge in [0.1, 0.15) is 5.75 Å². The first-order chi connectivity index (χ1) is 10.4. The molecule has 0 bridgehead atoms. The Morgan fingerprint density at radius 1 is 1.35 bits per heavy atom. The van der Waals surface area contributed by atoms with E-state index < -0.39 is 10.0 Å². The van der Waals surface area contributed by atoms with Crippen molar-refractivity contribution in [3.05, 3.63) is 23.8 Å². The van der Waals surface area contributed by atoms with Crippen molar-refractivity contribution in [2.75, 3.05) is 27.3 Å². The number of nitrogens with zero attached hydrogens (tertiary/aromatic N) is 1. The summed E-state index contributed by atoms with van der Waals surface area (Å²) in [6, 6.07) is 4.68. The summed E-state index contributed by atoms with van der Waals surface area (Å²) in [6.07, 6.45) is 1.38. The van der Waals surface area contributed by atoms with E-state index in [0.717, 1.165) is 5.56 Å². The third kappa shape index (κ3) is 4.16. The zero-order valence-corrected chi connectivity index (χ0v) is 15.3. The molecule has 132 valence electrons. The van der Waals surface area contributed by atoms with Crippen LogP contribution in [0.5, 0.6) is 5.75 Å². The molecule has 0 saturated carbocycles. The van der Waals surface area contributed by atoms with Crippen LogP contribution in [-0.2, 0) is 14.8 Å². The molecule has 2 atom stereocenters. The fourth-order valence-corrected chi connectivity index (χ4v) is 4.63. The van der Waals surface area contributed by atoms with E-state index in [4.69, 9.17) is 15.2 Å². The molecule has 1 aliphatic rings. The molecular formula is C15H25ClN2O4S. The second-order valence-electron chi connectivity index (χ2n) is 5.52. The summed E-state index contributed by atoms with van der Waals surface area (Å²) in [5, 5.41) is 0. The van der Waals surface area contributed by atoms with Gasteiger partial charge in [-0.05, 0) is 43.5 Å². The third-order valence-corrected chi connectivity index (χ3v) is 6.14. The number of methoxy groups -OCH3 is 2. The minimum atomic E-state index is -3.56. The maximum Gasteiger partial charge on any atom is 0.243 e. The van der Waals surface area contributed by atoms with Crippen LogP contribution >= 0.6 is 12.4 Å². The highest BCUT2D eigenvalue weighted by Crippen LogP contribution is 2.28. The van der Waals surface area contributed by atoms with Crippen molar-refractivity contribution in [2.24, 2.45) is 5.73 Å². The number of hydrogen-bond donors (Lipinski definition) is 1. The second kappa shape index (κ2) is 8.30. The normalized spacial score (nSPS) is 22.4. The van der Waals surface area contributed by atoms with Crippen molar-refractivity contribution in [3.63, 3.8) is 0 Å². The standard InChI is InChI=1S/C15H24N2O4S.ClH/c1-11-8-14(4-5-15(11)21-3)22(18,19)17-7-6-13(20-2)9-12(17)10-16;/h4-5,8,12-13H,6-7,9-10,16H2,1-3H3;1H. The van der Waals surface area contributed by atoms with Gasteiger partial charge in [0.2, 0.25) is 10.0 Å². The lowest BCUT2D eigenvalue weighted by Crippen LogP contribution is -2.51. The van der Waals surface area contributed by atoms with Crippen LogP contribution in [-0.4, -0.2) is 52.2 Å². The average molecular weight is 365 g/mol. The summed E-state index contributed by atoms with van der Waals surface area (Å²) in [5.74, 6) is 0.674. The Kier molecular flexibility index (Phi) is 7.29. The molecule has 6 nitrogen and oxygen atoms in total. The van der Waals surface area contributed by atoms with Gasteiger partial charge in [-0.3, -0.25) is 0 Å². The van der Waals surface area contributed by atoms with Crippen LogP contribution in [0.1, 0.15) is 18.4 Å². The van der Waals surface area contributed by atoms with Crippen LogP contribution in [0.3, 0.4) is 0 Å². The van der Waals surface area contributed by atoms with E-state index in [9.17, 15) is 8.42 Å². The molecule has 0 aromatic heterocycles. The van der Waals surface area contributed by atoms with Gasteiger partial charge in [0, 0.05) is 26.2 Å². The molecule has 1 aromatic rings. The van der Waals surface area contributed by atoms with E-state index >= 15 is 0 Å². The topological polar surface area (TPSA) is 81.9 Å². The number of aryl methyl sites for hydroxylation is 1. The van der Waals surface area contributed by atoms with Crippen molar-refractivity contribution >= 4 is 22.4 Å². The van der Waals surface area contributed by atoms with E-state index in [-0.39, 0.29) is 36.0 Å². The molecule has 8 heteroatoms. The highest BCUT2D eigenvalue weighted by Gasteiger charge is 2.36. The first-order valence-corrected chi connectivity index (χ1v) is 8.77. The van der Waals surface area contributed by atoms with Crippen LogP contribution in [0.25, 0.3) is 0 Å². The predicted molar refractivity (Wildman–Crippen MR) is 91.7 cm³/mol. The Morgan fingerprint density at radius 2 is 2.04 bits per heavy atom. The fraction of sp³-hybridized carbons (Fsp3) is 0.600. The predicted octanol–water partition coefficient (Wildman–Crippen LogP) is 1.55. The number of ether oxygens (including phenoxy) is 2. The number of nitrogens with two attached hydrogens (primary N) is 1. The summed E-state index contributed by atoms with van der Waals surface area (Å²) < 4.78 is 37.8. The molecule has 0 spiro atoms. The molecule has 1 heterocycles. The average Bonchev–Trinajstić information content (AvgIpc) is 2.53. The molecule has 1 aliphatic heterocycles. The summed E-state index contributed by atoms with van der Waals surface area (Å²) in [6.45, 7) is 2.54. The number of benzene rings is 1. The van der Waals surface area contributed by atoms with Crippen molar-refractivity contribution in [2.45, 2.75) is 36.8 Å². The van der Waals surface area contributed by atoms with Crippen molar-refractivity contribution < 1.29 is 17.9 Å². The van der Waals surface area contributed by atoms with Gasteiger partial charge >= 0.3 is 0 Å². The number of piperidine rings is 1. The Bertz CT molecular complexity index is 624. The SMILES string of the molecule is COc1ccc(S(=O)(=O)N2CCC(OC)CC2CN)cc1C.Cl. The van der Waals surface area contributed by atoms with Gasteiger partial charge in [-0.15, -0.1) is 12.4 Å².